The summed E-state index contributed by atoms with van der Waals surface area (Å²) in [6.45, 7) is 0.336. The van der Waals surface area contributed by atoms with Crippen LogP contribution in [0.4, 0.5) is 0 Å². The molecule has 0 amide bonds. The van der Waals surface area contributed by atoms with E-state index in [-0.39, 0.29) is 6.42 Å². The molecular formula is C20H29N3O6. The average Bonchev–Trinajstić information content (AvgIpc) is 2.69. The Morgan fingerprint density at radius 1 is 1.07 bits per heavy atom. The molecule has 0 aliphatic heterocycles. The molecule has 2 fully saturated rings. The van der Waals surface area contributed by atoms with Gasteiger partial charge in [-0.3, -0.25) is 0 Å². The predicted octanol–water partition coefficient (Wildman–Crippen LogP) is 3.27. The maximum absolute atomic E-state index is 10.6. The van der Waals surface area contributed by atoms with E-state index in [1.807, 2.05) is 12.1 Å². The second-order valence-electron chi connectivity index (χ2n) is 8.46. The lowest BCUT2D eigenvalue weighted by molar-refractivity contribution is -0.790. The number of hydrogen-bond acceptors (Lipinski definition) is 7. The van der Waals surface area contributed by atoms with E-state index >= 15 is 0 Å². The minimum absolute atomic E-state index is 0.270. The van der Waals surface area contributed by atoms with E-state index in [9.17, 15) is 20.2 Å². The number of nitrogens with two attached hydrogens (primary N) is 1. The van der Waals surface area contributed by atoms with Crippen LogP contribution in [0.3, 0.4) is 0 Å². The summed E-state index contributed by atoms with van der Waals surface area (Å²) in [4.78, 5) is 29.8. The van der Waals surface area contributed by atoms with Crippen molar-refractivity contribution in [1.29, 1.82) is 0 Å². The fourth-order valence-corrected chi connectivity index (χ4v) is 5.22. The monoisotopic (exact) mass is 407 g/mol. The van der Waals surface area contributed by atoms with Crippen molar-refractivity contribution < 1.29 is 19.8 Å². The Labute approximate surface area is 169 Å². The summed E-state index contributed by atoms with van der Waals surface area (Å²) in [6, 6.07) is 8.34. The standard InChI is InChI=1S/C20H29N3O6/c21-12-17-7-15-6-16(8-17)11-19(10-15)18-3-1-2-14(9-18)4-5-20(29-23(26)27)13-28-22(24)25/h1-3,9,15-17,19-20H,4-8,10-13,21H2. The molecule has 0 saturated heterocycles. The first-order chi connectivity index (χ1) is 13.9. The van der Waals surface area contributed by atoms with Crippen LogP contribution in [0.25, 0.3) is 0 Å². The minimum atomic E-state index is -0.971. The number of nitrogens with zero attached hydrogens (tertiary/aromatic N) is 2. The quantitative estimate of drug-likeness (QED) is 0.465. The molecule has 0 spiro atoms. The van der Waals surface area contributed by atoms with Gasteiger partial charge in [-0.1, -0.05) is 24.3 Å². The van der Waals surface area contributed by atoms with Crippen LogP contribution in [-0.4, -0.2) is 29.4 Å². The summed E-state index contributed by atoms with van der Waals surface area (Å²) >= 11 is 0. The van der Waals surface area contributed by atoms with Crippen molar-refractivity contribution in [3.8, 4) is 0 Å². The average molecular weight is 407 g/mol. The summed E-state index contributed by atoms with van der Waals surface area (Å²) in [5.41, 5.74) is 8.27. The van der Waals surface area contributed by atoms with E-state index in [0.717, 1.165) is 23.9 Å². The van der Waals surface area contributed by atoms with E-state index in [0.29, 0.717) is 18.3 Å². The third-order valence-electron chi connectivity index (χ3n) is 6.35. The molecule has 0 heterocycles. The van der Waals surface area contributed by atoms with Gasteiger partial charge in [0.2, 0.25) is 0 Å². The van der Waals surface area contributed by atoms with Crippen molar-refractivity contribution in [2.24, 2.45) is 23.5 Å². The van der Waals surface area contributed by atoms with E-state index < -0.39 is 22.9 Å². The number of benzene rings is 1. The van der Waals surface area contributed by atoms with Crippen LogP contribution >= 0.6 is 0 Å². The van der Waals surface area contributed by atoms with Gasteiger partial charge in [-0.25, -0.2) is 0 Å². The van der Waals surface area contributed by atoms with Crippen LogP contribution < -0.4 is 5.73 Å². The first kappa shape index (κ1) is 21.3. The van der Waals surface area contributed by atoms with Crippen molar-refractivity contribution >= 4 is 0 Å². The zero-order valence-electron chi connectivity index (χ0n) is 16.5. The molecule has 9 nitrogen and oxygen atoms in total. The molecule has 1 aromatic rings. The van der Waals surface area contributed by atoms with Crippen molar-refractivity contribution in [2.45, 2.75) is 57.0 Å². The second-order valence-corrected chi connectivity index (χ2v) is 8.46. The molecule has 29 heavy (non-hydrogen) atoms. The Kier molecular flexibility index (Phi) is 7.24. The minimum Gasteiger partial charge on any atom is -0.330 e. The Balaban J connectivity index is 1.59. The smallest absolute Gasteiger partial charge is 0.294 e. The maximum atomic E-state index is 10.6. The van der Waals surface area contributed by atoms with E-state index in [1.165, 1.54) is 37.7 Å². The van der Waals surface area contributed by atoms with Crippen molar-refractivity contribution in [1.82, 2.24) is 0 Å². The summed E-state index contributed by atoms with van der Waals surface area (Å²) in [7, 11) is 0. The van der Waals surface area contributed by atoms with Gasteiger partial charge in [0, 0.05) is 0 Å². The van der Waals surface area contributed by atoms with Gasteiger partial charge < -0.3 is 15.4 Å². The van der Waals surface area contributed by atoms with Gasteiger partial charge in [0.1, 0.15) is 12.7 Å². The highest BCUT2D eigenvalue weighted by atomic mass is 17.0. The van der Waals surface area contributed by atoms with Crippen molar-refractivity contribution in [2.75, 3.05) is 13.2 Å². The Hall–Kier alpha value is -2.42. The lowest BCUT2D eigenvalue weighted by atomic mass is 9.63. The number of hydrogen-bond donors (Lipinski definition) is 1. The van der Waals surface area contributed by atoms with E-state index in [1.54, 1.807) is 0 Å². The van der Waals surface area contributed by atoms with Crippen LogP contribution in [0.5, 0.6) is 0 Å². The summed E-state index contributed by atoms with van der Waals surface area (Å²) < 4.78 is 0. The number of rotatable bonds is 10. The topological polar surface area (TPSA) is 131 Å². The molecule has 160 valence electrons. The fourth-order valence-electron chi connectivity index (χ4n) is 5.22. The normalized spacial score (nSPS) is 27.1. The Morgan fingerprint density at radius 2 is 1.79 bits per heavy atom. The van der Waals surface area contributed by atoms with Gasteiger partial charge in [0.15, 0.2) is 0 Å². The van der Waals surface area contributed by atoms with Gasteiger partial charge in [-0.2, -0.15) is 0 Å². The van der Waals surface area contributed by atoms with Gasteiger partial charge >= 0.3 is 0 Å². The summed E-state index contributed by atoms with van der Waals surface area (Å²) in [6.07, 6.45) is 6.01. The molecule has 9 heteroatoms. The molecule has 2 saturated carbocycles. The summed E-state index contributed by atoms with van der Waals surface area (Å²) in [5, 5.41) is 19.1. The van der Waals surface area contributed by atoms with Gasteiger partial charge in [0.05, 0.1) is 0 Å². The molecule has 0 aromatic heterocycles. The van der Waals surface area contributed by atoms with Crippen molar-refractivity contribution in [3.63, 3.8) is 0 Å². The van der Waals surface area contributed by atoms with Crippen molar-refractivity contribution in [3.05, 3.63) is 55.6 Å². The highest BCUT2D eigenvalue weighted by Gasteiger charge is 2.36. The lowest BCUT2D eigenvalue weighted by Crippen LogP contribution is -2.33. The van der Waals surface area contributed by atoms with Crippen LogP contribution in [0.15, 0.2) is 24.3 Å². The van der Waals surface area contributed by atoms with E-state index in [2.05, 4.69) is 21.8 Å². The van der Waals surface area contributed by atoms with Gasteiger partial charge in [-0.05, 0) is 86.3 Å². The fraction of sp³-hybridized carbons (Fsp3) is 0.700. The largest absolute Gasteiger partial charge is 0.330 e. The molecule has 1 aromatic carbocycles. The molecule has 2 N–H and O–H groups in total. The third-order valence-corrected chi connectivity index (χ3v) is 6.35. The number of fused-ring (bicyclic) bond motifs is 2. The summed E-state index contributed by atoms with van der Waals surface area (Å²) in [5.74, 6) is 2.72. The van der Waals surface area contributed by atoms with E-state index in [4.69, 9.17) is 5.73 Å². The third kappa shape index (κ3) is 6.28. The van der Waals surface area contributed by atoms with Gasteiger partial charge in [-0.15, -0.1) is 20.2 Å². The highest BCUT2D eigenvalue weighted by molar-refractivity contribution is 5.27. The van der Waals surface area contributed by atoms with Gasteiger partial charge in [0.25, 0.3) is 10.2 Å². The zero-order valence-corrected chi connectivity index (χ0v) is 16.5. The Bertz CT molecular complexity index is 701. The molecule has 3 unspecified atom stereocenters. The highest BCUT2D eigenvalue weighted by Crippen LogP contribution is 2.48. The molecule has 2 aliphatic carbocycles. The molecular weight excluding hydrogens is 378 g/mol. The lowest BCUT2D eigenvalue weighted by Gasteiger charge is -2.42. The predicted molar refractivity (Wildman–Crippen MR) is 105 cm³/mol. The Morgan fingerprint density at radius 3 is 2.41 bits per heavy atom. The molecule has 0 radical (unpaired) electrons. The first-order valence-corrected chi connectivity index (χ1v) is 10.3. The van der Waals surface area contributed by atoms with Crippen LogP contribution in [0, 0.1) is 38.0 Å². The van der Waals surface area contributed by atoms with Crippen LogP contribution in [0.2, 0.25) is 0 Å². The molecule has 3 atom stereocenters. The van der Waals surface area contributed by atoms with Crippen LogP contribution in [0.1, 0.15) is 55.6 Å². The SMILES string of the molecule is NCC1CC2CC(C1)CC(c1cccc(CCC(CO[N+](=O)[O-])O[N+](=O)[O-])c1)C2. The zero-order chi connectivity index (χ0) is 20.8. The molecule has 3 rings (SSSR count). The van der Waals surface area contributed by atoms with Crippen LogP contribution in [-0.2, 0) is 16.1 Å². The first-order valence-electron chi connectivity index (χ1n) is 10.3. The molecule has 2 aliphatic rings. The second kappa shape index (κ2) is 9.87. The number of aryl methyl sites for hydroxylation is 1. The maximum Gasteiger partial charge on any atom is 0.294 e. The molecule has 2 bridgehead atoms.